The minimum absolute atomic E-state index is 0.136. The van der Waals surface area contributed by atoms with E-state index in [-0.39, 0.29) is 10.5 Å². The molecule has 0 aliphatic rings. The summed E-state index contributed by atoms with van der Waals surface area (Å²) in [7, 11) is 0. The number of nitrogens with two attached hydrogens (primary N) is 1. The van der Waals surface area contributed by atoms with Crippen molar-refractivity contribution in [2.45, 2.75) is 19.8 Å². The normalized spacial score (nSPS) is 10.4. The summed E-state index contributed by atoms with van der Waals surface area (Å²) in [5.74, 6) is 0.299. The van der Waals surface area contributed by atoms with Crippen LogP contribution in [0.15, 0.2) is 16.9 Å². The zero-order valence-electron chi connectivity index (χ0n) is 7.63. The molecule has 1 aromatic rings. The van der Waals surface area contributed by atoms with Gasteiger partial charge in [-0.25, -0.2) is 0 Å². The van der Waals surface area contributed by atoms with Gasteiger partial charge < -0.3 is 10.7 Å². The average Bonchev–Trinajstić information content (AvgIpc) is 2.03. The molecule has 0 bridgehead atoms. The van der Waals surface area contributed by atoms with Gasteiger partial charge in [0.15, 0.2) is 0 Å². The Labute approximate surface area is 82.0 Å². The van der Waals surface area contributed by atoms with Crippen LogP contribution in [0, 0.1) is 0 Å². The number of thiocarbonyl (C=S) groups is 1. The summed E-state index contributed by atoms with van der Waals surface area (Å²) in [6.07, 6.45) is 0. The third-order valence-corrected chi connectivity index (χ3v) is 2.04. The van der Waals surface area contributed by atoms with E-state index in [1.165, 1.54) is 0 Å². The summed E-state index contributed by atoms with van der Waals surface area (Å²) < 4.78 is 0. The predicted molar refractivity (Wildman–Crippen MR) is 57.0 cm³/mol. The average molecular weight is 196 g/mol. The Morgan fingerprint density at radius 3 is 2.54 bits per heavy atom. The lowest BCUT2D eigenvalue weighted by Gasteiger charge is -2.05. The van der Waals surface area contributed by atoms with E-state index in [1.54, 1.807) is 6.07 Å². The van der Waals surface area contributed by atoms with E-state index in [2.05, 4.69) is 4.98 Å². The molecule has 0 aliphatic heterocycles. The van der Waals surface area contributed by atoms with E-state index >= 15 is 0 Å². The van der Waals surface area contributed by atoms with Gasteiger partial charge in [-0.2, -0.15) is 0 Å². The van der Waals surface area contributed by atoms with Crippen molar-refractivity contribution in [2.75, 3.05) is 0 Å². The summed E-state index contributed by atoms with van der Waals surface area (Å²) in [6, 6.07) is 3.50. The lowest BCUT2D eigenvalue weighted by molar-refractivity contribution is 0.815. The number of hydrogen-bond acceptors (Lipinski definition) is 2. The largest absolute Gasteiger partial charge is 0.389 e. The summed E-state index contributed by atoms with van der Waals surface area (Å²) in [4.78, 5) is 14.2. The summed E-state index contributed by atoms with van der Waals surface area (Å²) >= 11 is 4.72. The van der Waals surface area contributed by atoms with Gasteiger partial charge in [-0.3, -0.25) is 4.79 Å². The molecule has 1 heterocycles. The van der Waals surface area contributed by atoms with E-state index in [0.29, 0.717) is 11.5 Å². The van der Waals surface area contributed by atoms with Gasteiger partial charge in [-0.1, -0.05) is 26.1 Å². The number of rotatable bonds is 2. The van der Waals surface area contributed by atoms with Gasteiger partial charge in [0, 0.05) is 5.69 Å². The van der Waals surface area contributed by atoms with E-state index in [9.17, 15) is 4.79 Å². The molecule has 3 nitrogen and oxygen atoms in total. The molecule has 0 unspecified atom stereocenters. The first kappa shape index (κ1) is 9.92. The number of hydrogen-bond donors (Lipinski definition) is 2. The van der Waals surface area contributed by atoms with Crippen LogP contribution < -0.4 is 11.3 Å². The zero-order chi connectivity index (χ0) is 10.0. The molecule has 1 rings (SSSR count). The quantitative estimate of drug-likeness (QED) is 0.697. The molecule has 4 heteroatoms. The van der Waals surface area contributed by atoms with Crippen molar-refractivity contribution in [3.05, 3.63) is 33.7 Å². The molecule has 0 fully saturated rings. The van der Waals surface area contributed by atoms with Gasteiger partial charge in [-0.05, 0) is 18.1 Å². The third kappa shape index (κ3) is 2.15. The maximum absolute atomic E-state index is 11.4. The maximum atomic E-state index is 11.4. The van der Waals surface area contributed by atoms with Gasteiger partial charge in [0.05, 0.1) is 5.56 Å². The van der Waals surface area contributed by atoms with Gasteiger partial charge in [0.1, 0.15) is 4.99 Å². The predicted octanol–water partition coefficient (Wildman–Crippen LogP) is 1.13. The minimum Gasteiger partial charge on any atom is -0.389 e. The van der Waals surface area contributed by atoms with Crippen LogP contribution in [0.5, 0.6) is 0 Å². The van der Waals surface area contributed by atoms with E-state index < -0.39 is 0 Å². The van der Waals surface area contributed by atoms with Crippen molar-refractivity contribution in [3.63, 3.8) is 0 Å². The highest BCUT2D eigenvalue weighted by atomic mass is 32.1. The van der Waals surface area contributed by atoms with Crippen LogP contribution in [0.1, 0.15) is 31.0 Å². The first-order chi connectivity index (χ1) is 6.02. The molecule has 0 saturated carbocycles. The summed E-state index contributed by atoms with van der Waals surface area (Å²) in [5.41, 5.74) is 6.41. The molecule has 70 valence electrons. The zero-order valence-corrected chi connectivity index (χ0v) is 8.44. The van der Waals surface area contributed by atoms with Crippen molar-refractivity contribution < 1.29 is 0 Å². The number of H-pyrrole nitrogens is 1. The highest BCUT2D eigenvalue weighted by molar-refractivity contribution is 7.80. The topological polar surface area (TPSA) is 58.9 Å². The molecular formula is C9H12N2OS. The molecule has 0 spiro atoms. The Bertz CT molecular complexity index is 381. The Morgan fingerprint density at radius 1 is 1.54 bits per heavy atom. The Hall–Kier alpha value is -1.16. The molecule has 0 amide bonds. The Kier molecular flexibility index (Phi) is 2.83. The number of pyridine rings is 1. The molecule has 3 N–H and O–H groups in total. The summed E-state index contributed by atoms with van der Waals surface area (Å²) in [5, 5.41) is 0. The first-order valence-corrected chi connectivity index (χ1v) is 4.46. The second-order valence-corrected chi connectivity index (χ2v) is 3.62. The second-order valence-electron chi connectivity index (χ2n) is 3.18. The fourth-order valence-corrected chi connectivity index (χ4v) is 1.18. The van der Waals surface area contributed by atoms with Crippen molar-refractivity contribution in [2.24, 2.45) is 5.73 Å². The van der Waals surface area contributed by atoms with Gasteiger partial charge >= 0.3 is 0 Å². The molecule has 0 saturated heterocycles. The molecule has 1 aromatic heterocycles. The van der Waals surface area contributed by atoms with E-state index in [4.69, 9.17) is 18.0 Å². The van der Waals surface area contributed by atoms with Crippen molar-refractivity contribution in [1.82, 2.24) is 4.98 Å². The van der Waals surface area contributed by atoms with E-state index in [0.717, 1.165) is 5.69 Å². The minimum atomic E-state index is -0.210. The lowest BCUT2D eigenvalue weighted by atomic mass is 10.1. The van der Waals surface area contributed by atoms with Crippen LogP contribution >= 0.6 is 12.2 Å². The Balaban J connectivity index is 3.21. The van der Waals surface area contributed by atoms with Gasteiger partial charge in [0.2, 0.25) is 0 Å². The van der Waals surface area contributed by atoms with Crippen LogP contribution in [0.25, 0.3) is 0 Å². The number of nitrogens with one attached hydrogen (secondary N) is 1. The second kappa shape index (κ2) is 3.70. The lowest BCUT2D eigenvalue weighted by Crippen LogP contribution is -2.23. The fraction of sp³-hybridized carbons (Fsp3) is 0.333. The Morgan fingerprint density at radius 2 is 2.15 bits per heavy atom. The fourth-order valence-electron chi connectivity index (χ4n) is 1.02. The van der Waals surface area contributed by atoms with Crippen LogP contribution in [0.3, 0.4) is 0 Å². The molecule has 0 aromatic carbocycles. The van der Waals surface area contributed by atoms with E-state index in [1.807, 2.05) is 19.9 Å². The van der Waals surface area contributed by atoms with Gasteiger partial charge in [-0.15, -0.1) is 0 Å². The molecule has 0 radical (unpaired) electrons. The van der Waals surface area contributed by atoms with Crippen LogP contribution in [-0.4, -0.2) is 9.97 Å². The molecule has 0 atom stereocenters. The third-order valence-electron chi connectivity index (χ3n) is 1.82. The molecule has 0 aliphatic carbocycles. The first-order valence-electron chi connectivity index (χ1n) is 4.05. The SMILES string of the molecule is CC(C)c1ccc(C(N)=S)c(=O)[nH]1. The molecule has 13 heavy (non-hydrogen) atoms. The highest BCUT2D eigenvalue weighted by Crippen LogP contribution is 2.08. The summed E-state index contributed by atoms with van der Waals surface area (Å²) in [6.45, 7) is 4.01. The van der Waals surface area contributed by atoms with Crippen molar-refractivity contribution in [3.8, 4) is 0 Å². The standard InChI is InChI=1S/C9H12N2OS/c1-5(2)7-4-3-6(8(10)13)9(12)11-7/h3-5H,1-2H3,(H2,10,13)(H,11,12). The van der Waals surface area contributed by atoms with Crippen LogP contribution in [0.2, 0.25) is 0 Å². The van der Waals surface area contributed by atoms with Crippen LogP contribution in [0.4, 0.5) is 0 Å². The van der Waals surface area contributed by atoms with Crippen molar-refractivity contribution >= 4 is 17.2 Å². The smallest absolute Gasteiger partial charge is 0.258 e. The van der Waals surface area contributed by atoms with Gasteiger partial charge in [0.25, 0.3) is 5.56 Å². The molecular weight excluding hydrogens is 184 g/mol. The van der Waals surface area contributed by atoms with Crippen LogP contribution in [-0.2, 0) is 0 Å². The number of aromatic amines is 1. The van der Waals surface area contributed by atoms with Crippen molar-refractivity contribution in [1.29, 1.82) is 0 Å². The highest BCUT2D eigenvalue weighted by Gasteiger charge is 2.05. The number of aromatic nitrogens is 1. The monoisotopic (exact) mass is 196 g/mol. The maximum Gasteiger partial charge on any atom is 0.258 e.